The minimum absolute atomic E-state index is 0.0501. The molecule has 0 atom stereocenters. The number of aromatic nitrogens is 1. The van der Waals surface area contributed by atoms with Crippen molar-refractivity contribution < 1.29 is 14.6 Å². The maximum Gasteiger partial charge on any atom is 0.385 e. The van der Waals surface area contributed by atoms with Crippen molar-refractivity contribution in [1.29, 1.82) is 0 Å². The molecule has 0 saturated carbocycles. The van der Waals surface area contributed by atoms with Crippen molar-refractivity contribution in [2.24, 2.45) is 0 Å². The minimum atomic E-state index is -0.0501. The number of hydrogen-bond donors (Lipinski definition) is 1. The zero-order chi connectivity index (χ0) is 8.72. The Balaban J connectivity index is 2.95. The predicted molar refractivity (Wildman–Crippen MR) is 43.3 cm³/mol. The quantitative estimate of drug-likeness (QED) is 0.604. The Bertz CT molecular complexity index is 436. The topological polar surface area (TPSA) is 47.4 Å². The normalized spacial score (nSPS) is 10.8. The highest BCUT2D eigenvalue weighted by Crippen LogP contribution is 2.25. The van der Waals surface area contributed by atoms with Gasteiger partial charge in [-0.3, -0.25) is 0 Å². The summed E-state index contributed by atoms with van der Waals surface area (Å²) in [6.45, 7) is 1.78. The van der Waals surface area contributed by atoms with Crippen molar-refractivity contribution >= 4 is 16.2 Å². The van der Waals surface area contributed by atoms with Crippen LogP contribution in [0.1, 0.15) is 4.88 Å². The van der Waals surface area contributed by atoms with Crippen molar-refractivity contribution in [3.63, 3.8) is 0 Å². The van der Waals surface area contributed by atoms with E-state index in [-0.39, 0.29) is 11.6 Å². The first-order valence-corrected chi connectivity index (χ1v) is 4.31. The molecule has 3 nitrogen and oxygen atoms in total. The van der Waals surface area contributed by atoms with Crippen LogP contribution in [0, 0.1) is 6.92 Å². The molecule has 0 amide bonds. The fourth-order valence-electron chi connectivity index (χ4n) is 1.10. The van der Waals surface area contributed by atoms with E-state index in [0.29, 0.717) is 4.83 Å². The zero-order valence-corrected chi connectivity index (χ0v) is 7.26. The molecule has 2 aromatic heterocycles. The fraction of sp³-hybridized carbons (Fsp3) is 0.125. The molecule has 62 valence electrons. The van der Waals surface area contributed by atoms with Crippen molar-refractivity contribution in [2.75, 3.05) is 0 Å². The summed E-state index contributed by atoms with van der Waals surface area (Å²) in [5.41, 5.74) is 0. The van der Waals surface area contributed by atoms with Crippen molar-refractivity contribution in [3.8, 4) is 11.6 Å². The van der Waals surface area contributed by atoms with E-state index in [9.17, 15) is 10.2 Å². The van der Waals surface area contributed by atoms with E-state index in [4.69, 9.17) is 0 Å². The minimum Gasteiger partial charge on any atom is -0.867 e. The molecule has 2 rings (SSSR count). The van der Waals surface area contributed by atoms with Gasteiger partial charge in [-0.05, 0) is 12.7 Å². The van der Waals surface area contributed by atoms with E-state index in [1.54, 1.807) is 19.2 Å². The van der Waals surface area contributed by atoms with Gasteiger partial charge in [0.25, 0.3) is 4.83 Å². The Hall–Kier alpha value is -1.29. The maximum atomic E-state index is 11.2. The number of aromatic hydroxyl groups is 1. The molecule has 0 unspecified atom stereocenters. The Morgan fingerprint density at radius 3 is 3.00 bits per heavy atom. The largest absolute Gasteiger partial charge is 0.867 e. The van der Waals surface area contributed by atoms with Crippen LogP contribution < -0.4 is 9.51 Å². The Kier molecular flexibility index (Phi) is 1.44. The molecule has 0 aliphatic heterocycles. The lowest BCUT2D eigenvalue weighted by atomic mass is 10.4. The van der Waals surface area contributed by atoms with Gasteiger partial charge in [0, 0.05) is 6.07 Å². The maximum absolute atomic E-state index is 11.2. The summed E-state index contributed by atoms with van der Waals surface area (Å²) < 4.78 is 1.50. The zero-order valence-electron chi connectivity index (χ0n) is 6.44. The lowest BCUT2D eigenvalue weighted by Gasteiger charge is -1.97. The number of thiazole rings is 1. The molecule has 0 radical (unpaired) electrons. The van der Waals surface area contributed by atoms with E-state index in [0.717, 1.165) is 4.88 Å². The SMILES string of the molecule is Cc1sc2c([O-])ccc[n+]2c1O. The second kappa shape index (κ2) is 2.35. The van der Waals surface area contributed by atoms with Gasteiger partial charge in [-0.1, -0.05) is 17.4 Å². The highest BCUT2D eigenvalue weighted by Gasteiger charge is 2.15. The first-order chi connectivity index (χ1) is 5.70. The van der Waals surface area contributed by atoms with Crippen LogP contribution in [0.25, 0.3) is 4.83 Å². The molecule has 2 aromatic rings. The molecule has 4 heteroatoms. The van der Waals surface area contributed by atoms with E-state index < -0.39 is 0 Å². The number of aryl methyl sites for hydroxylation is 1. The third kappa shape index (κ3) is 0.848. The third-order valence-electron chi connectivity index (χ3n) is 1.71. The molecule has 0 spiro atoms. The predicted octanol–water partition coefficient (Wildman–Crippen LogP) is 0.574. The van der Waals surface area contributed by atoms with Gasteiger partial charge >= 0.3 is 5.88 Å². The smallest absolute Gasteiger partial charge is 0.385 e. The van der Waals surface area contributed by atoms with Crippen molar-refractivity contribution in [2.45, 2.75) is 6.92 Å². The number of pyridine rings is 1. The highest BCUT2D eigenvalue weighted by atomic mass is 32.1. The van der Waals surface area contributed by atoms with Crippen LogP contribution in [0.15, 0.2) is 18.3 Å². The van der Waals surface area contributed by atoms with Gasteiger partial charge in [-0.2, -0.15) is 0 Å². The van der Waals surface area contributed by atoms with Crippen LogP contribution in [0.2, 0.25) is 0 Å². The fourth-order valence-corrected chi connectivity index (χ4v) is 1.99. The van der Waals surface area contributed by atoms with Gasteiger partial charge in [0.2, 0.25) is 0 Å². The summed E-state index contributed by atoms with van der Waals surface area (Å²) in [5.74, 6) is 0.110. The van der Waals surface area contributed by atoms with Gasteiger partial charge in [0.15, 0.2) is 6.20 Å². The average molecular weight is 181 g/mol. The average Bonchev–Trinajstić information content (AvgIpc) is 2.32. The molecule has 0 aliphatic carbocycles. The summed E-state index contributed by atoms with van der Waals surface area (Å²) >= 11 is 1.31. The summed E-state index contributed by atoms with van der Waals surface area (Å²) in [7, 11) is 0. The second-order valence-corrected chi connectivity index (χ2v) is 3.73. The Morgan fingerprint density at radius 2 is 2.33 bits per heavy atom. The monoisotopic (exact) mass is 181 g/mol. The number of rotatable bonds is 0. The number of hydrogen-bond acceptors (Lipinski definition) is 3. The van der Waals surface area contributed by atoms with Crippen LogP contribution in [0.3, 0.4) is 0 Å². The van der Waals surface area contributed by atoms with Crippen LogP contribution in [0.5, 0.6) is 11.6 Å². The molecule has 2 heterocycles. The van der Waals surface area contributed by atoms with Gasteiger partial charge < -0.3 is 10.2 Å². The molecule has 0 fully saturated rings. The highest BCUT2D eigenvalue weighted by molar-refractivity contribution is 7.17. The second-order valence-electron chi connectivity index (χ2n) is 2.53. The van der Waals surface area contributed by atoms with Gasteiger partial charge in [0.1, 0.15) is 4.88 Å². The van der Waals surface area contributed by atoms with Crippen LogP contribution in [-0.4, -0.2) is 5.11 Å². The summed E-state index contributed by atoms with van der Waals surface area (Å²) in [4.78, 5) is 1.32. The number of fused-ring (bicyclic) bond motifs is 1. The molecule has 0 aromatic carbocycles. The Morgan fingerprint density at radius 1 is 1.58 bits per heavy atom. The first-order valence-electron chi connectivity index (χ1n) is 3.50. The summed E-state index contributed by atoms with van der Waals surface area (Å²) in [5, 5.41) is 20.7. The van der Waals surface area contributed by atoms with Gasteiger partial charge in [-0.15, -0.1) is 4.40 Å². The van der Waals surface area contributed by atoms with Crippen LogP contribution in [-0.2, 0) is 0 Å². The van der Waals surface area contributed by atoms with E-state index in [2.05, 4.69) is 0 Å². The Labute approximate surface area is 73.2 Å². The van der Waals surface area contributed by atoms with Crippen molar-refractivity contribution in [3.05, 3.63) is 23.2 Å². The standard InChI is InChI=1S/C8H7NO2S/c1-5-7(11)9-4-2-3-6(10)8(9)12-5/h2-4H,1H3,(H-,10,11). The number of nitrogens with zero attached hydrogens (tertiary/aromatic N) is 1. The molecular formula is C8H7NO2S. The first kappa shape index (κ1) is 7.36. The van der Waals surface area contributed by atoms with Gasteiger partial charge in [0.05, 0.1) is 0 Å². The molecule has 1 N–H and O–H groups in total. The van der Waals surface area contributed by atoms with Crippen LogP contribution >= 0.6 is 11.3 Å². The van der Waals surface area contributed by atoms with Gasteiger partial charge in [-0.25, -0.2) is 0 Å². The molecule has 12 heavy (non-hydrogen) atoms. The van der Waals surface area contributed by atoms with E-state index >= 15 is 0 Å². The molecule has 0 bridgehead atoms. The van der Waals surface area contributed by atoms with E-state index in [1.165, 1.54) is 21.8 Å². The molecular weight excluding hydrogens is 174 g/mol. The molecule has 0 saturated heterocycles. The van der Waals surface area contributed by atoms with Crippen LogP contribution in [0.4, 0.5) is 0 Å². The molecule has 0 aliphatic rings. The summed E-state index contributed by atoms with van der Waals surface area (Å²) in [6, 6.07) is 3.12. The lowest BCUT2D eigenvalue weighted by molar-refractivity contribution is -0.522. The summed E-state index contributed by atoms with van der Waals surface area (Å²) in [6.07, 6.45) is 1.68. The van der Waals surface area contributed by atoms with Crippen molar-refractivity contribution in [1.82, 2.24) is 0 Å². The lowest BCUT2D eigenvalue weighted by Crippen LogP contribution is -2.18. The van der Waals surface area contributed by atoms with E-state index in [1.807, 2.05) is 0 Å². The third-order valence-corrected chi connectivity index (χ3v) is 2.79.